The van der Waals surface area contributed by atoms with Crippen LogP contribution in [0.1, 0.15) is 25.0 Å². The summed E-state index contributed by atoms with van der Waals surface area (Å²) in [6.45, 7) is 0. The number of allylic oxidation sites excluding steroid dienone is 2. The summed E-state index contributed by atoms with van der Waals surface area (Å²) in [5.74, 6) is 0.578. The molecule has 1 aliphatic rings. The Hall–Kier alpha value is -1.09. The molecule has 0 saturated carbocycles. The van der Waals surface area contributed by atoms with E-state index in [1.807, 2.05) is 0 Å². The number of nitrogens with zero attached hydrogens (tertiary/aromatic N) is 2. The van der Waals surface area contributed by atoms with E-state index in [1.165, 1.54) is 0 Å². The molecular formula is C11H13ClN2O. The van der Waals surface area contributed by atoms with Gasteiger partial charge in [-0.25, -0.2) is 9.97 Å². The predicted molar refractivity (Wildman–Crippen MR) is 60.1 cm³/mol. The highest BCUT2D eigenvalue weighted by Gasteiger charge is 2.16. The van der Waals surface area contributed by atoms with Crippen molar-refractivity contribution in [3.8, 4) is 5.88 Å². The summed E-state index contributed by atoms with van der Waals surface area (Å²) in [5.41, 5.74) is 1.97. The molecule has 1 atom stereocenters. The van der Waals surface area contributed by atoms with Crippen LogP contribution < -0.4 is 4.74 Å². The molecule has 0 aromatic carbocycles. The largest absolute Gasteiger partial charge is 0.479 e. The summed E-state index contributed by atoms with van der Waals surface area (Å²) in [7, 11) is 1.61. The van der Waals surface area contributed by atoms with Crippen molar-refractivity contribution in [2.75, 3.05) is 7.11 Å². The van der Waals surface area contributed by atoms with E-state index in [-0.39, 0.29) is 5.38 Å². The average Bonchev–Trinajstić information content (AvgIpc) is 2.29. The fourth-order valence-corrected chi connectivity index (χ4v) is 2.07. The van der Waals surface area contributed by atoms with Crippen LogP contribution in [0.3, 0.4) is 0 Å². The number of alkyl halides is 1. The van der Waals surface area contributed by atoms with Gasteiger partial charge in [0.25, 0.3) is 0 Å². The second-order valence-corrected chi connectivity index (χ2v) is 4.07. The SMILES string of the molecule is COc1nccnc1C1=CC(Cl)CCC1. The lowest BCUT2D eigenvalue weighted by Crippen LogP contribution is -2.05. The van der Waals surface area contributed by atoms with Gasteiger partial charge in [-0.05, 0) is 24.8 Å². The van der Waals surface area contributed by atoms with Crippen molar-refractivity contribution in [3.05, 3.63) is 24.2 Å². The molecule has 1 aromatic rings. The molecule has 1 aliphatic carbocycles. The van der Waals surface area contributed by atoms with E-state index in [4.69, 9.17) is 16.3 Å². The summed E-state index contributed by atoms with van der Waals surface area (Å²) in [6, 6.07) is 0. The fourth-order valence-electron chi connectivity index (χ4n) is 1.76. The first kappa shape index (κ1) is 10.4. The Balaban J connectivity index is 2.36. The van der Waals surface area contributed by atoms with Crippen molar-refractivity contribution in [2.45, 2.75) is 24.6 Å². The van der Waals surface area contributed by atoms with Gasteiger partial charge in [-0.2, -0.15) is 0 Å². The molecule has 4 heteroatoms. The molecule has 0 fully saturated rings. The highest BCUT2D eigenvalue weighted by atomic mass is 35.5. The Kier molecular flexibility index (Phi) is 3.21. The molecule has 80 valence electrons. The summed E-state index contributed by atoms with van der Waals surface area (Å²) in [4.78, 5) is 8.42. The van der Waals surface area contributed by atoms with Crippen molar-refractivity contribution in [1.29, 1.82) is 0 Å². The van der Waals surface area contributed by atoms with Crippen LogP contribution >= 0.6 is 11.6 Å². The number of hydrogen-bond acceptors (Lipinski definition) is 3. The normalized spacial score (nSPS) is 20.9. The zero-order chi connectivity index (χ0) is 10.7. The van der Waals surface area contributed by atoms with Gasteiger partial charge >= 0.3 is 0 Å². The third-order valence-corrected chi connectivity index (χ3v) is 2.81. The standard InChI is InChI=1S/C11H13ClN2O/c1-15-11-10(13-5-6-14-11)8-3-2-4-9(12)7-8/h5-7,9H,2-4H2,1H3. The second-order valence-electron chi connectivity index (χ2n) is 3.51. The third kappa shape index (κ3) is 2.29. The molecule has 0 N–H and O–H groups in total. The van der Waals surface area contributed by atoms with E-state index in [0.29, 0.717) is 5.88 Å². The smallest absolute Gasteiger partial charge is 0.239 e. The Morgan fingerprint density at radius 1 is 1.40 bits per heavy atom. The summed E-state index contributed by atoms with van der Waals surface area (Å²) < 4.78 is 5.18. The number of aromatic nitrogens is 2. The number of methoxy groups -OCH3 is 1. The van der Waals surface area contributed by atoms with Crippen molar-refractivity contribution in [3.63, 3.8) is 0 Å². The molecule has 0 amide bonds. The maximum absolute atomic E-state index is 6.09. The van der Waals surface area contributed by atoms with E-state index in [1.54, 1.807) is 19.5 Å². The van der Waals surface area contributed by atoms with Crippen LogP contribution in [-0.2, 0) is 0 Å². The van der Waals surface area contributed by atoms with Crippen LogP contribution in [0.2, 0.25) is 0 Å². The van der Waals surface area contributed by atoms with Gasteiger partial charge in [-0.3, -0.25) is 0 Å². The van der Waals surface area contributed by atoms with E-state index in [0.717, 1.165) is 30.5 Å². The van der Waals surface area contributed by atoms with Crippen molar-refractivity contribution < 1.29 is 4.74 Å². The first-order valence-corrected chi connectivity index (χ1v) is 5.45. The number of rotatable bonds is 2. The van der Waals surface area contributed by atoms with Crippen LogP contribution in [0.25, 0.3) is 5.57 Å². The Labute approximate surface area is 94.1 Å². The van der Waals surface area contributed by atoms with Gasteiger partial charge in [-0.1, -0.05) is 6.08 Å². The average molecular weight is 225 g/mol. The summed E-state index contributed by atoms with van der Waals surface area (Å²) in [5, 5.41) is 0.112. The van der Waals surface area contributed by atoms with E-state index < -0.39 is 0 Å². The topological polar surface area (TPSA) is 35.0 Å². The highest BCUT2D eigenvalue weighted by Crippen LogP contribution is 2.31. The third-order valence-electron chi connectivity index (χ3n) is 2.47. The monoisotopic (exact) mass is 224 g/mol. The van der Waals surface area contributed by atoms with Gasteiger partial charge in [-0.15, -0.1) is 11.6 Å². The number of hydrogen-bond donors (Lipinski definition) is 0. The first-order chi connectivity index (χ1) is 7.31. The molecule has 1 unspecified atom stereocenters. The minimum atomic E-state index is 0.112. The van der Waals surface area contributed by atoms with Crippen LogP contribution in [0, 0.1) is 0 Å². The summed E-state index contributed by atoms with van der Waals surface area (Å²) in [6.07, 6.45) is 8.49. The van der Waals surface area contributed by atoms with Gasteiger partial charge in [0.05, 0.1) is 12.5 Å². The molecule has 0 bridgehead atoms. The molecule has 1 heterocycles. The Morgan fingerprint density at radius 3 is 2.93 bits per heavy atom. The van der Waals surface area contributed by atoms with Crippen molar-refractivity contribution in [1.82, 2.24) is 9.97 Å². The molecule has 15 heavy (non-hydrogen) atoms. The lowest BCUT2D eigenvalue weighted by atomic mass is 9.97. The van der Waals surface area contributed by atoms with Crippen LogP contribution in [-0.4, -0.2) is 22.5 Å². The zero-order valence-corrected chi connectivity index (χ0v) is 9.37. The second kappa shape index (κ2) is 4.62. The van der Waals surface area contributed by atoms with E-state index in [2.05, 4.69) is 16.0 Å². The lowest BCUT2D eigenvalue weighted by Gasteiger charge is -2.16. The minimum Gasteiger partial charge on any atom is -0.479 e. The highest BCUT2D eigenvalue weighted by molar-refractivity contribution is 6.22. The molecular weight excluding hydrogens is 212 g/mol. The maximum Gasteiger partial charge on any atom is 0.239 e. The zero-order valence-electron chi connectivity index (χ0n) is 8.61. The van der Waals surface area contributed by atoms with Crippen LogP contribution in [0.15, 0.2) is 18.5 Å². The van der Waals surface area contributed by atoms with Crippen LogP contribution in [0.4, 0.5) is 0 Å². The molecule has 0 saturated heterocycles. The van der Waals surface area contributed by atoms with Crippen molar-refractivity contribution in [2.24, 2.45) is 0 Å². The molecule has 0 radical (unpaired) electrons. The number of ether oxygens (including phenoxy) is 1. The van der Waals surface area contributed by atoms with Crippen molar-refractivity contribution >= 4 is 17.2 Å². The van der Waals surface area contributed by atoms with Gasteiger partial charge < -0.3 is 4.74 Å². The summed E-state index contributed by atoms with van der Waals surface area (Å²) >= 11 is 6.09. The Morgan fingerprint density at radius 2 is 2.20 bits per heavy atom. The predicted octanol–water partition coefficient (Wildman–Crippen LogP) is 2.66. The van der Waals surface area contributed by atoms with E-state index >= 15 is 0 Å². The molecule has 0 spiro atoms. The molecule has 2 rings (SSSR count). The molecule has 0 aliphatic heterocycles. The minimum absolute atomic E-state index is 0.112. The first-order valence-electron chi connectivity index (χ1n) is 5.01. The molecule has 3 nitrogen and oxygen atoms in total. The number of halogens is 1. The fraction of sp³-hybridized carbons (Fsp3) is 0.455. The van der Waals surface area contributed by atoms with Gasteiger partial charge in [0, 0.05) is 12.4 Å². The van der Waals surface area contributed by atoms with Crippen LogP contribution in [0.5, 0.6) is 5.88 Å². The van der Waals surface area contributed by atoms with Gasteiger partial charge in [0.2, 0.25) is 5.88 Å². The maximum atomic E-state index is 6.09. The van der Waals surface area contributed by atoms with Gasteiger partial charge in [0.1, 0.15) is 5.69 Å². The molecule has 1 aromatic heterocycles. The quantitative estimate of drug-likeness (QED) is 0.725. The van der Waals surface area contributed by atoms with Gasteiger partial charge in [0.15, 0.2) is 0 Å². The van der Waals surface area contributed by atoms with E-state index in [9.17, 15) is 0 Å². The Bertz CT molecular complexity index is 379. The lowest BCUT2D eigenvalue weighted by molar-refractivity contribution is 0.393.